The van der Waals surface area contributed by atoms with E-state index in [0.717, 1.165) is 18.9 Å². The highest BCUT2D eigenvalue weighted by atomic mass is 32.1. The van der Waals surface area contributed by atoms with Gasteiger partial charge in [0.05, 0.1) is 0 Å². The van der Waals surface area contributed by atoms with E-state index < -0.39 is 0 Å². The number of aryl methyl sites for hydroxylation is 1. The molecular formula is C19H20N4S. The molecule has 0 amide bonds. The van der Waals surface area contributed by atoms with Crippen molar-refractivity contribution in [2.45, 2.75) is 13.1 Å². The second kappa shape index (κ2) is 7.75. The summed E-state index contributed by atoms with van der Waals surface area (Å²) >= 11 is 5.63. The summed E-state index contributed by atoms with van der Waals surface area (Å²) in [5.74, 6) is 0.758. The van der Waals surface area contributed by atoms with Crippen LogP contribution in [0, 0.1) is 0 Å². The van der Waals surface area contributed by atoms with E-state index in [-0.39, 0.29) is 0 Å². The van der Waals surface area contributed by atoms with Gasteiger partial charge >= 0.3 is 0 Å². The highest BCUT2D eigenvalue weighted by molar-refractivity contribution is 7.80. The molecule has 2 aromatic carbocycles. The predicted molar refractivity (Wildman–Crippen MR) is 102 cm³/mol. The Morgan fingerprint density at radius 1 is 0.958 bits per heavy atom. The number of nitrogens with one attached hydrogen (secondary N) is 1. The molecule has 0 unspecified atom stereocenters. The third kappa shape index (κ3) is 4.43. The lowest BCUT2D eigenvalue weighted by Crippen LogP contribution is -2.34. The lowest BCUT2D eigenvalue weighted by atomic mass is 10.2. The van der Waals surface area contributed by atoms with Gasteiger partial charge in [-0.05, 0) is 23.3 Å². The number of anilines is 1. The summed E-state index contributed by atoms with van der Waals surface area (Å²) in [6, 6.07) is 22.6. The first kappa shape index (κ1) is 16.2. The molecule has 0 bridgehead atoms. The van der Waals surface area contributed by atoms with Crippen LogP contribution in [0.5, 0.6) is 0 Å². The first-order valence-corrected chi connectivity index (χ1v) is 8.25. The van der Waals surface area contributed by atoms with Crippen molar-refractivity contribution in [3.05, 3.63) is 84.1 Å². The summed E-state index contributed by atoms with van der Waals surface area (Å²) < 4.78 is 1.75. The van der Waals surface area contributed by atoms with Gasteiger partial charge in [0, 0.05) is 32.4 Å². The molecule has 3 aromatic rings. The minimum absolute atomic E-state index is 0.668. The molecular weight excluding hydrogens is 316 g/mol. The van der Waals surface area contributed by atoms with Crippen LogP contribution in [-0.4, -0.2) is 19.8 Å². The SMILES string of the molecule is Cn1ccc(NC(=S)N(Cc2ccccc2)Cc2ccccc2)n1. The summed E-state index contributed by atoms with van der Waals surface area (Å²) in [4.78, 5) is 2.15. The minimum Gasteiger partial charge on any atom is -0.340 e. The van der Waals surface area contributed by atoms with Gasteiger partial charge in [-0.3, -0.25) is 4.68 Å². The molecule has 1 aromatic heterocycles. The molecule has 0 aliphatic carbocycles. The maximum atomic E-state index is 5.63. The van der Waals surface area contributed by atoms with Gasteiger partial charge < -0.3 is 10.2 Å². The van der Waals surface area contributed by atoms with Gasteiger partial charge in [-0.15, -0.1) is 0 Å². The highest BCUT2D eigenvalue weighted by Crippen LogP contribution is 2.12. The van der Waals surface area contributed by atoms with Crippen molar-refractivity contribution >= 4 is 23.1 Å². The lowest BCUT2D eigenvalue weighted by Gasteiger charge is -2.25. The number of benzene rings is 2. The molecule has 1 N–H and O–H groups in total. The molecule has 0 fully saturated rings. The summed E-state index contributed by atoms with van der Waals surface area (Å²) in [6.07, 6.45) is 1.89. The van der Waals surface area contributed by atoms with E-state index in [1.165, 1.54) is 11.1 Å². The quantitative estimate of drug-likeness (QED) is 0.718. The zero-order valence-electron chi connectivity index (χ0n) is 13.6. The van der Waals surface area contributed by atoms with Crippen molar-refractivity contribution in [3.63, 3.8) is 0 Å². The van der Waals surface area contributed by atoms with E-state index in [4.69, 9.17) is 12.2 Å². The smallest absolute Gasteiger partial charge is 0.175 e. The van der Waals surface area contributed by atoms with Crippen molar-refractivity contribution in [2.24, 2.45) is 7.05 Å². The summed E-state index contributed by atoms with van der Waals surface area (Å²) in [7, 11) is 1.89. The van der Waals surface area contributed by atoms with Crippen molar-refractivity contribution in [1.82, 2.24) is 14.7 Å². The normalized spacial score (nSPS) is 10.4. The van der Waals surface area contributed by atoms with Gasteiger partial charge in [0.15, 0.2) is 10.9 Å². The second-order valence-electron chi connectivity index (χ2n) is 5.63. The third-order valence-corrected chi connectivity index (χ3v) is 4.03. The Morgan fingerprint density at radius 3 is 1.96 bits per heavy atom. The fourth-order valence-corrected chi connectivity index (χ4v) is 2.71. The van der Waals surface area contributed by atoms with E-state index in [0.29, 0.717) is 5.11 Å². The number of thiocarbonyl (C=S) groups is 1. The van der Waals surface area contributed by atoms with Crippen molar-refractivity contribution < 1.29 is 0 Å². The molecule has 1 heterocycles. The molecule has 0 atom stereocenters. The maximum absolute atomic E-state index is 5.63. The van der Waals surface area contributed by atoms with Crippen LogP contribution in [0.15, 0.2) is 72.9 Å². The van der Waals surface area contributed by atoms with Gasteiger partial charge in [0.1, 0.15) is 0 Å². The first-order valence-electron chi connectivity index (χ1n) is 7.84. The molecule has 0 spiro atoms. The maximum Gasteiger partial charge on any atom is 0.175 e. The van der Waals surface area contributed by atoms with Gasteiger partial charge in [-0.25, -0.2) is 0 Å². The van der Waals surface area contributed by atoms with Crippen LogP contribution in [0.1, 0.15) is 11.1 Å². The second-order valence-corrected chi connectivity index (χ2v) is 6.02. The van der Waals surface area contributed by atoms with Gasteiger partial charge in [0.2, 0.25) is 0 Å². The van der Waals surface area contributed by atoms with Crippen LogP contribution in [0.4, 0.5) is 5.82 Å². The molecule has 0 aliphatic heterocycles. The summed E-state index contributed by atoms with van der Waals surface area (Å²) in [6.45, 7) is 1.49. The van der Waals surface area contributed by atoms with E-state index in [9.17, 15) is 0 Å². The predicted octanol–water partition coefficient (Wildman–Crippen LogP) is 3.82. The van der Waals surface area contributed by atoms with Crippen LogP contribution in [-0.2, 0) is 20.1 Å². The monoisotopic (exact) mass is 336 g/mol. The van der Waals surface area contributed by atoms with Crippen molar-refractivity contribution in [2.75, 3.05) is 5.32 Å². The van der Waals surface area contributed by atoms with Crippen molar-refractivity contribution in [3.8, 4) is 0 Å². The molecule has 5 heteroatoms. The Balaban J connectivity index is 1.76. The van der Waals surface area contributed by atoms with E-state index >= 15 is 0 Å². The number of hydrogen-bond donors (Lipinski definition) is 1. The number of aromatic nitrogens is 2. The zero-order valence-corrected chi connectivity index (χ0v) is 14.4. The molecule has 24 heavy (non-hydrogen) atoms. The molecule has 0 aliphatic rings. The average molecular weight is 336 g/mol. The summed E-state index contributed by atoms with van der Waals surface area (Å²) in [5, 5.41) is 8.24. The zero-order chi connectivity index (χ0) is 16.8. The van der Waals surface area contributed by atoms with Crippen LogP contribution >= 0.6 is 12.2 Å². The molecule has 0 radical (unpaired) electrons. The van der Waals surface area contributed by atoms with Gasteiger partial charge in [-0.1, -0.05) is 60.7 Å². The van der Waals surface area contributed by atoms with E-state index in [1.54, 1.807) is 4.68 Å². The number of nitrogens with zero attached hydrogens (tertiary/aromatic N) is 3. The minimum atomic E-state index is 0.668. The Morgan fingerprint density at radius 2 is 1.50 bits per heavy atom. The van der Waals surface area contributed by atoms with E-state index in [2.05, 4.69) is 39.6 Å². The Bertz CT molecular complexity index is 742. The fourth-order valence-electron chi connectivity index (χ4n) is 2.48. The van der Waals surface area contributed by atoms with Crippen molar-refractivity contribution in [1.29, 1.82) is 0 Å². The lowest BCUT2D eigenvalue weighted by molar-refractivity contribution is 0.412. The van der Waals surface area contributed by atoms with Gasteiger partial charge in [-0.2, -0.15) is 5.10 Å². The van der Waals surface area contributed by atoms with Crippen LogP contribution in [0.25, 0.3) is 0 Å². The standard InChI is InChI=1S/C19H20N4S/c1-22-13-12-18(21-22)20-19(24)23(14-16-8-4-2-5-9-16)15-17-10-6-3-7-11-17/h2-13H,14-15H2,1H3,(H,20,21,24). The Hall–Kier alpha value is -2.66. The number of hydrogen-bond acceptors (Lipinski definition) is 2. The first-order chi connectivity index (χ1) is 11.7. The molecule has 122 valence electrons. The molecule has 3 rings (SSSR count). The average Bonchev–Trinajstić information content (AvgIpc) is 3.01. The molecule has 4 nitrogen and oxygen atoms in total. The fraction of sp³-hybridized carbons (Fsp3) is 0.158. The largest absolute Gasteiger partial charge is 0.340 e. The Labute approximate surface area is 147 Å². The topological polar surface area (TPSA) is 33.1 Å². The third-order valence-electron chi connectivity index (χ3n) is 3.67. The molecule has 0 saturated heterocycles. The highest BCUT2D eigenvalue weighted by Gasteiger charge is 2.12. The molecule has 0 saturated carbocycles. The van der Waals surface area contributed by atoms with Gasteiger partial charge in [0.25, 0.3) is 0 Å². The Kier molecular flexibility index (Phi) is 5.23. The van der Waals surface area contributed by atoms with Crippen LogP contribution < -0.4 is 5.32 Å². The van der Waals surface area contributed by atoms with Crippen LogP contribution in [0.3, 0.4) is 0 Å². The van der Waals surface area contributed by atoms with E-state index in [1.807, 2.05) is 55.7 Å². The summed E-state index contributed by atoms with van der Waals surface area (Å²) in [5.41, 5.74) is 2.44. The van der Waals surface area contributed by atoms with Crippen LogP contribution in [0.2, 0.25) is 0 Å². The number of rotatable bonds is 5.